The molecule has 0 bridgehead atoms. The van der Waals surface area contributed by atoms with Gasteiger partial charge in [-0.1, -0.05) is 0 Å². The Balaban J connectivity index is 2.35. The van der Waals surface area contributed by atoms with Crippen LogP contribution in [0.25, 0.3) is 0 Å². The van der Waals surface area contributed by atoms with E-state index in [2.05, 4.69) is 4.98 Å². The van der Waals surface area contributed by atoms with Crippen LogP contribution in [0.1, 0.15) is 18.1 Å². The number of ether oxygens (including phenoxy) is 1. The molecular weight excluding hydrogens is 282 g/mol. The first kappa shape index (κ1) is 15.9. The molecule has 9 nitrogen and oxygen atoms in total. The molecule has 118 valence electrons. The Morgan fingerprint density at radius 3 is 2.62 bits per heavy atom. The number of nitrogens with zero attached hydrogens (tertiary/aromatic N) is 1. The van der Waals surface area contributed by atoms with E-state index in [0.717, 1.165) is 0 Å². The topological polar surface area (TPSA) is 151 Å². The summed E-state index contributed by atoms with van der Waals surface area (Å²) in [6.07, 6.45) is -2.91. The molecule has 0 saturated carbocycles. The molecule has 1 aromatic heterocycles. The summed E-state index contributed by atoms with van der Waals surface area (Å²) in [5, 5.41) is 28.7. The number of hydrogen-bond acceptors (Lipinski definition) is 7. The molecule has 1 fully saturated rings. The highest BCUT2D eigenvalue weighted by molar-refractivity contribution is 5.14. The first-order chi connectivity index (χ1) is 9.99. The maximum absolute atomic E-state index is 11.9. The Kier molecular flexibility index (Phi) is 4.91. The molecular formula is C12H19N3O6. The van der Waals surface area contributed by atoms with Crippen LogP contribution >= 0.6 is 0 Å². The predicted molar refractivity (Wildman–Crippen MR) is 71.7 cm³/mol. The quantitative estimate of drug-likeness (QED) is 0.390. The standard InChI is InChI=1S/C12H19N3O6/c13-2-1-3-15-4-6(11(19)14-12(15)20)10-9(18)8(17)7(5-16)21-10/h4,7-10,16-18H,1-3,5,13H2,(H,14,19,20)/t7-,8-,9-,10+/m1/s1. The zero-order valence-electron chi connectivity index (χ0n) is 11.3. The highest BCUT2D eigenvalue weighted by atomic mass is 16.6. The monoisotopic (exact) mass is 301 g/mol. The van der Waals surface area contributed by atoms with E-state index in [9.17, 15) is 19.8 Å². The number of nitrogens with one attached hydrogen (secondary N) is 1. The van der Waals surface area contributed by atoms with Gasteiger partial charge in [-0.25, -0.2) is 4.79 Å². The molecule has 6 N–H and O–H groups in total. The summed E-state index contributed by atoms with van der Waals surface area (Å²) in [5.41, 5.74) is 4.13. The lowest BCUT2D eigenvalue weighted by Gasteiger charge is -2.15. The third-order valence-electron chi connectivity index (χ3n) is 3.49. The van der Waals surface area contributed by atoms with Crippen molar-refractivity contribution >= 4 is 0 Å². The van der Waals surface area contributed by atoms with Crippen LogP contribution in [0.4, 0.5) is 0 Å². The number of aromatic amines is 1. The van der Waals surface area contributed by atoms with E-state index in [4.69, 9.17) is 15.6 Å². The molecule has 9 heteroatoms. The number of hydrogen-bond donors (Lipinski definition) is 5. The normalized spacial score (nSPS) is 29.0. The summed E-state index contributed by atoms with van der Waals surface area (Å²) in [4.78, 5) is 25.7. The van der Waals surface area contributed by atoms with Crippen molar-refractivity contribution in [3.63, 3.8) is 0 Å². The Morgan fingerprint density at radius 1 is 1.33 bits per heavy atom. The largest absolute Gasteiger partial charge is 0.394 e. The fourth-order valence-electron chi connectivity index (χ4n) is 2.31. The molecule has 2 heterocycles. The van der Waals surface area contributed by atoms with E-state index in [-0.39, 0.29) is 5.56 Å². The van der Waals surface area contributed by atoms with E-state index in [1.54, 1.807) is 0 Å². The number of nitrogens with two attached hydrogens (primary N) is 1. The van der Waals surface area contributed by atoms with Crippen LogP contribution in [0, 0.1) is 0 Å². The molecule has 0 spiro atoms. The number of aliphatic hydroxyl groups excluding tert-OH is 3. The van der Waals surface area contributed by atoms with Gasteiger partial charge in [-0.3, -0.25) is 9.78 Å². The van der Waals surface area contributed by atoms with Gasteiger partial charge in [-0.2, -0.15) is 0 Å². The Morgan fingerprint density at radius 2 is 2.05 bits per heavy atom. The van der Waals surface area contributed by atoms with Gasteiger partial charge in [0.2, 0.25) is 0 Å². The lowest BCUT2D eigenvalue weighted by atomic mass is 10.0. The maximum atomic E-state index is 11.9. The van der Waals surface area contributed by atoms with Gasteiger partial charge in [-0.05, 0) is 13.0 Å². The number of H-pyrrole nitrogens is 1. The van der Waals surface area contributed by atoms with Crippen molar-refractivity contribution < 1.29 is 20.1 Å². The van der Waals surface area contributed by atoms with Crippen LogP contribution in [0.15, 0.2) is 15.8 Å². The third-order valence-corrected chi connectivity index (χ3v) is 3.49. The Labute approximate surface area is 119 Å². The fourth-order valence-corrected chi connectivity index (χ4v) is 2.31. The van der Waals surface area contributed by atoms with Gasteiger partial charge >= 0.3 is 5.69 Å². The van der Waals surface area contributed by atoms with Crippen LogP contribution in [-0.2, 0) is 11.3 Å². The maximum Gasteiger partial charge on any atom is 0.328 e. The van der Waals surface area contributed by atoms with Crippen molar-refractivity contribution in [2.75, 3.05) is 13.2 Å². The Hall–Kier alpha value is -1.52. The molecule has 0 amide bonds. The number of aromatic nitrogens is 2. The van der Waals surface area contributed by atoms with E-state index >= 15 is 0 Å². The van der Waals surface area contributed by atoms with Gasteiger partial charge in [0.05, 0.1) is 12.2 Å². The molecule has 1 aromatic rings. The molecule has 0 aliphatic carbocycles. The number of aliphatic hydroxyl groups is 3. The second-order valence-electron chi connectivity index (χ2n) is 4.94. The molecule has 0 aromatic carbocycles. The van der Waals surface area contributed by atoms with E-state index < -0.39 is 42.3 Å². The minimum absolute atomic E-state index is 0.0223. The first-order valence-corrected chi connectivity index (χ1v) is 6.65. The lowest BCUT2D eigenvalue weighted by molar-refractivity contribution is -0.0233. The molecule has 0 radical (unpaired) electrons. The van der Waals surface area contributed by atoms with Crippen molar-refractivity contribution in [1.29, 1.82) is 0 Å². The number of aryl methyl sites for hydroxylation is 1. The smallest absolute Gasteiger partial charge is 0.328 e. The highest BCUT2D eigenvalue weighted by Crippen LogP contribution is 2.31. The number of rotatable bonds is 5. The third kappa shape index (κ3) is 3.06. The SMILES string of the molecule is NCCCn1cc([C@@H]2O[C@H](CO)[C@@H](O)[C@H]2O)c(=O)[nH]c1=O. The Bertz CT molecular complexity index is 597. The van der Waals surface area contributed by atoms with Gasteiger partial charge in [0.25, 0.3) is 5.56 Å². The summed E-state index contributed by atoms with van der Waals surface area (Å²) in [6, 6.07) is 0. The van der Waals surface area contributed by atoms with E-state index in [1.807, 2.05) is 0 Å². The first-order valence-electron chi connectivity index (χ1n) is 6.65. The average Bonchev–Trinajstić information content (AvgIpc) is 2.74. The van der Waals surface area contributed by atoms with Crippen molar-refractivity contribution in [2.45, 2.75) is 37.4 Å². The second kappa shape index (κ2) is 6.50. The van der Waals surface area contributed by atoms with E-state index in [1.165, 1.54) is 10.8 Å². The second-order valence-corrected chi connectivity index (χ2v) is 4.94. The molecule has 2 rings (SSSR count). The summed E-state index contributed by atoms with van der Waals surface area (Å²) in [7, 11) is 0. The van der Waals surface area contributed by atoms with Crippen LogP contribution < -0.4 is 17.0 Å². The molecule has 0 unspecified atom stereocenters. The highest BCUT2D eigenvalue weighted by Gasteiger charge is 2.44. The zero-order chi connectivity index (χ0) is 15.6. The van der Waals surface area contributed by atoms with E-state index in [0.29, 0.717) is 19.5 Å². The lowest BCUT2D eigenvalue weighted by Crippen LogP contribution is -2.36. The summed E-state index contributed by atoms with van der Waals surface area (Å²) < 4.78 is 6.55. The summed E-state index contributed by atoms with van der Waals surface area (Å²) in [5.74, 6) is 0. The summed E-state index contributed by atoms with van der Waals surface area (Å²) in [6.45, 7) is 0.210. The van der Waals surface area contributed by atoms with Gasteiger partial charge in [0.1, 0.15) is 24.4 Å². The van der Waals surface area contributed by atoms with Crippen LogP contribution in [0.3, 0.4) is 0 Å². The average molecular weight is 301 g/mol. The van der Waals surface area contributed by atoms with Crippen molar-refractivity contribution in [3.05, 3.63) is 32.6 Å². The molecule has 4 atom stereocenters. The van der Waals surface area contributed by atoms with Crippen LogP contribution in [-0.4, -0.2) is 56.3 Å². The van der Waals surface area contributed by atoms with Gasteiger partial charge < -0.3 is 30.4 Å². The van der Waals surface area contributed by atoms with Crippen LogP contribution in [0.2, 0.25) is 0 Å². The zero-order valence-corrected chi connectivity index (χ0v) is 11.3. The summed E-state index contributed by atoms with van der Waals surface area (Å²) >= 11 is 0. The molecule has 1 saturated heterocycles. The predicted octanol–water partition coefficient (Wildman–Crippen LogP) is -2.96. The minimum atomic E-state index is -1.36. The molecule has 21 heavy (non-hydrogen) atoms. The van der Waals surface area contributed by atoms with Gasteiger partial charge in [0.15, 0.2) is 0 Å². The van der Waals surface area contributed by atoms with Gasteiger partial charge in [0, 0.05) is 12.7 Å². The van der Waals surface area contributed by atoms with Crippen LogP contribution in [0.5, 0.6) is 0 Å². The molecule has 1 aliphatic rings. The van der Waals surface area contributed by atoms with Crippen molar-refractivity contribution in [2.24, 2.45) is 5.73 Å². The van der Waals surface area contributed by atoms with Gasteiger partial charge in [-0.15, -0.1) is 0 Å². The fraction of sp³-hybridized carbons (Fsp3) is 0.667. The molecule has 1 aliphatic heterocycles. The van der Waals surface area contributed by atoms with Crippen molar-refractivity contribution in [1.82, 2.24) is 9.55 Å². The minimum Gasteiger partial charge on any atom is -0.394 e. The van der Waals surface area contributed by atoms with Crippen molar-refractivity contribution in [3.8, 4) is 0 Å².